The van der Waals surface area contributed by atoms with Gasteiger partial charge in [0.15, 0.2) is 0 Å². The first kappa shape index (κ1) is 11.4. The van der Waals surface area contributed by atoms with E-state index >= 15 is 0 Å². The SMILES string of the molecule is CCCC(C)c1cc(O)cc(Cl)c1C. The minimum Gasteiger partial charge on any atom is -0.508 e. The quantitative estimate of drug-likeness (QED) is 0.794. The normalized spacial score (nSPS) is 12.9. The van der Waals surface area contributed by atoms with E-state index in [2.05, 4.69) is 13.8 Å². The van der Waals surface area contributed by atoms with Crippen molar-refractivity contribution in [3.8, 4) is 5.75 Å². The molecule has 0 spiro atoms. The van der Waals surface area contributed by atoms with Crippen LogP contribution in [0.4, 0.5) is 0 Å². The molecule has 0 aliphatic carbocycles. The predicted molar refractivity (Wildman–Crippen MR) is 61.2 cm³/mol. The number of rotatable bonds is 3. The number of aromatic hydroxyl groups is 1. The lowest BCUT2D eigenvalue weighted by Crippen LogP contribution is -1.96. The van der Waals surface area contributed by atoms with Crippen molar-refractivity contribution in [3.05, 3.63) is 28.3 Å². The summed E-state index contributed by atoms with van der Waals surface area (Å²) in [5, 5.41) is 10.1. The molecule has 0 amide bonds. The third-order valence-electron chi connectivity index (χ3n) is 2.62. The number of phenols is 1. The summed E-state index contributed by atoms with van der Waals surface area (Å²) in [6.45, 7) is 6.33. The first-order valence-corrected chi connectivity index (χ1v) is 5.43. The van der Waals surface area contributed by atoms with Crippen LogP contribution in [-0.2, 0) is 0 Å². The summed E-state index contributed by atoms with van der Waals surface area (Å²) in [5.74, 6) is 0.725. The zero-order valence-corrected chi connectivity index (χ0v) is 9.73. The second-order valence-electron chi connectivity index (χ2n) is 3.83. The molecule has 1 unspecified atom stereocenters. The maximum atomic E-state index is 9.45. The van der Waals surface area contributed by atoms with E-state index in [1.807, 2.05) is 13.0 Å². The molecule has 1 aromatic rings. The highest BCUT2D eigenvalue weighted by Gasteiger charge is 2.11. The Balaban J connectivity index is 3.07. The van der Waals surface area contributed by atoms with E-state index in [1.165, 1.54) is 0 Å². The van der Waals surface area contributed by atoms with Crippen LogP contribution in [0.3, 0.4) is 0 Å². The second-order valence-corrected chi connectivity index (χ2v) is 4.24. The van der Waals surface area contributed by atoms with Gasteiger partial charge in [-0.3, -0.25) is 0 Å². The van der Waals surface area contributed by atoms with E-state index in [0.29, 0.717) is 10.9 Å². The highest BCUT2D eigenvalue weighted by molar-refractivity contribution is 6.31. The first-order valence-electron chi connectivity index (χ1n) is 5.05. The minimum absolute atomic E-state index is 0.263. The van der Waals surface area contributed by atoms with Crippen molar-refractivity contribution in [2.75, 3.05) is 0 Å². The lowest BCUT2D eigenvalue weighted by atomic mass is 9.92. The van der Waals surface area contributed by atoms with Crippen LogP contribution < -0.4 is 0 Å². The molecule has 2 heteroatoms. The van der Waals surface area contributed by atoms with Crippen LogP contribution in [0.25, 0.3) is 0 Å². The van der Waals surface area contributed by atoms with Crippen LogP contribution in [0.15, 0.2) is 12.1 Å². The molecule has 0 fully saturated rings. The van der Waals surface area contributed by atoms with Crippen molar-refractivity contribution in [1.82, 2.24) is 0 Å². The van der Waals surface area contributed by atoms with Gasteiger partial charge in [-0.1, -0.05) is 31.9 Å². The summed E-state index contributed by atoms with van der Waals surface area (Å²) >= 11 is 6.00. The Hall–Kier alpha value is -0.690. The van der Waals surface area contributed by atoms with Crippen molar-refractivity contribution < 1.29 is 5.11 Å². The van der Waals surface area contributed by atoms with E-state index in [9.17, 15) is 5.11 Å². The van der Waals surface area contributed by atoms with Crippen molar-refractivity contribution in [1.29, 1.82) is 0 Å². The number of hydrogen-bond acceptors (Lipinski definition) is 1. The Morgan fingerprint density at radius 1 is 1.43 bits per heavy atom. The Kier molecular flexibility index (Phi) is 3.82. The van der Waals surface area contributed by atoms with E-state index in [1.54, 1.807) is 6.07 Å². The summed E-state index contributed by atoms with van der Waals surface area (Å²) in [6.07, 6.45) is 2.27. The van der Waals surface area contributed by atoms with Gasteiger partial charge < -0.3 is 5.11 Å². The summed E-state index contributed by atoms with van der Waals surface area (Å²) in [5.41, 5.74) is 2.25. The molecule has 1 aromatic carbocycles. The average Bonchev–Trinajstić information content (AvgIpc) is 2.11. The van der Waals surface area contributed by atoms with Crippen LogP contribution in [-0.4, -0.2) is 5.11 Å². The molecule has 0 heterocycles. The summed E-state index contributed by atoms with van der Waals surface area (Å²) in [4.78, 5) is 0. The van der Waals surface area contributed by atoms with Gasteiger partial charge in [0.05, 0.1) is 0 Å². The highest BCUT2D eigenvalue weighted by atomic mass is 35.5. The molecule has 14 heavy (non-hydrogen) atoms. The predicted octanol–water partition coefficient (Wildman–Crippen LogP) is 4.26. The Morgan fingerprint density at radius 3 is 2.64 bits per heavy atom. The molecule has 0 aliphatic heterocycles. The molecule has 1 N–H and O–H groups in total. The first-order chi connectivity index (χ1) is 6.56. The molecule has 0 aliphatic rings. The lowest BCUT2D eigenvalue weighted by Gasteiger charge is -2.15. The molecule has 1 rings (SSSR count). The fourth-order valence-electron chi connectivity index (χ4n) is 1.79. The van der Waals surface area contributed by atoms with Crippen molar-refractivity contribution >= 4 is 11.6 Å². The fourth-order valence-corrected chi connectivity index (χ4v) is 2.01. The van der Waals surface area contributed by atoms with Gasteiger partial charge in [0.1, 0.15) is 5.75 Å². The maximum absolute atomic E-state index is 9.45. The second kappa shape index (κ2) is 4.70. The number of hydrogen-bond donors (Lipinski definition) is 1. The molecular formula is C12H17ClO. The lowest BCUT2D eigenvalue weighted by molar-refractivity contribution is 0.473. The number of benzene rings is 1. The third kappa shape index (κ3) is 2.42. The molecule has 0 aromatic heterocycles. The largest absolute Gasteiger partial charge is 0.508 e. The molecule has 0 radical (unpaired) electrons. The molecule has 1 nitrogen and oxygen atoms in total. The van der Waals surface area contributed by atoms with Crippen molar-refractivity contribution in [2.24, 2.45) is 0 Å². The van der Waals surface area contributed by atoms with E-state index in [-0.39, 0.29) is 5.75 Å². The maximum Gasteiger partial charge on any atom is 0.117 e. The van der Waals surface area contributed by atoms with Crippen LogP contribution in [0.1, 0.15) is 43.7 Å². The zero-order chi connectivity index (χ0) is 10.7. The Labute approximate surface area is 90.7 Å². The Morgan fingerprint density at radius 2 is 2.07 bits per heavy atom. The van der Waals surface area contributed by atoms with Crippen LogP contribution in [0.2, 0.25) is 5.02 Å². The zero-order valence-electron chi connectivity index (χ0n) is 8.97. The van der Waals surface area contributed by atoms with Crippen LogP contribution in [0.5, 0.6) is 5.75 Å². The molecule has 0 saturated carbocycles. The third-order valence-corrected chi connectivity index (χ3v) is 3.01. The van der Waals surface area contributed by atoms with Crippen molar-refractivity contribution in [3.63, 3.8) is 0 Å². The van der Waals surface area contributed by atoms with Crippen molar-refractivity contribution in [2.45, 2.75) is 39.5 Å². The van der Waals surface area contributed by atoms with Gasteiger partial charge in [-0.15, -0.1) is 0 Å². The molecular weight excluding hydrogens is 196 g/mol. The standard InChI is InChI=1S/C12H17ClO/c1-4-5-8(2)11-6-10(14)7-12(13)9(11)3/h6-8,14H,4-5H2,1-3H3. The van der Waals surface area contributed by atoms with Gasteiger partial charge >= 0.3 is 0 Å². The summed E-state index contributed by atoms with van der Waals surface area (Å²) < 4.78 is 0. The van der Waals surface area contributed by atoms with Gasteiger partial charge in [-0.05, 0) is 42.5 Å². The van der Waals surface area contributed by atoms with Gasteiger partial charge in [0, 0.05) is 5.02 Å². The minimum atomic E-state index is 0.263. The average molecular weight is 213 g/mol. The van der Waals surface area contributed by atoms with Gasteiger partial charge in [0.25, 0.3) is 0 Å². The summed E-state index contributed by atoms with van der Waals surface area (Å²) in [6, 6.07) is 3.42. The smallest absolute Gasteiger partial charge is 0.117 e. The fraction of sp³-hybridized carbons (Fsp3) is 0.500. The van der Waals surface area contributed by atoms with Gasteiger partial charge in [-0.25, -0.2) is 0 Å². The number of halogens is 1. The molecule has 0 saturated heterocycles. The topological polar surface area (TPSA) is 20.2 Å². The van der Waals surface area contributed by atoms with E-state index in [0.717, 1.165) is 24.0 Å². The van der Waals surface area contributed by atoms with Gasteiger partial charge in [-0.2, -0.15) is 0 Å². The van der Waals surface area contributed by atoms with E-state index in [4.69, 9.17) is 11.6 Å². The number of phenolic OH excluding ortho intramolecular Hbond substituents is 1. The summed E-state index contributed by atoms with van der Waals surface area (Å²) in [7, 11) is 0. The highest BCUT2D eigenvalue weighted by Crippen LogP contribution is 2.32. The van der Waals surface area contributed by atoms with E-state index < -0.39 is 0 Å². The molecule has 78 valence electrons. The van der Waals surface area contributed by atoms with Gasteiger partial charge in [0.2, 0.25) is 0 Å². The Bertz CT molecular complexity index is 320. The molecule has 1 atom stereocenters. The van der Waals surface area contributed by atoms with Crippen LogP contribution >= 0.6 is 11.6 Å². The van der Waals surface area contributed by atoms with Crippen LogP contribution in [0, 0.1) is 6.92 Å². The molecule has 0 bridgehead atoms. The monoisotopic (exact) mass is 212 g/mol.